The third-order valence-corrected chi connectivity index (χ3v) is 4.37. The summed E-state index contributed by atoms with van der Waals surface area (Å²) in [4.78, 5) is 20.4. The molecule has 0 atom stereocenters. The molecule has 2 aromatic heterocycles. The predicted molar refractivity (Wildman–Crippen MR) is 105 cm³/mol. The van der Waals surface area contributed by atoms with Crippen molar-refractivity contribution in [1.29, 1.82) is 5.26 Å². The van der Waals surface area contributed by atoms with E-state index in [2.05, 4.69) is 9.97 Å². The molecule has 1 N–H and O–H groups in total. The normalized spacial score (nSPS) is 11.2. The second-order valence-electron chi connectivity index (χ2n) is 6.75. The number of pyridine rings is 2. The molecule has 8 heteroatoms. The van der Waals surface area contributed by atoms with Crippen molar-refractivity contribution >= 4 is 5.82 Å². The standard InChI is InChI=1S/C21H17F3N4O/c1-12-8-16(17(11-25)20(29)26-12)13-4-6-14(7-5-13)18-9-15(21(22,23)24)10-19(27-18)28(2)3/h4-10H,1-3H3,(H,26,29). The van der Waals surface area contributed by atoms with E-state index in [1.54, 1.807) is 51.4 Å². The number of alkyl halides is 3. The molecule has 0 saturated carbocycles. The first-order valence-electron chi connectivity index (χ1n) is 8.61. The van der Waals surface area contributed by atoms with Crippen LogP contribution in [0.4, 0.5) is 19.0 Å². The molecule has 0 spiro atoms. The van der Waals surface area contributed by atoms with Gasteiger partial charge in [-0.05, 0) is 30.7 Å². The monoisotopic (exact) mass is 398 g/mol. The molecule has 0 unspecified atom stereocenters. The molecular weight excluding hydrogens is 381 g/mol. The van der Waals surface area contributed by atoms with Crippen LogP contribution in [-0.2, 0) is 6.18 Å². The SMILES string of the molecule is Cc1cc(-c2ccc(-c3cc(C(F)(F)F)cc(N(C)C)n3)cc2)c(C#N)c(=O)[nH]1. The van der Waals surface area contributed by atoms with Crippen LogP contribution in [0.5, 0.6) is 0 Å². The number of benzene rings is 1. The molecule has 0 aliphatic heterocycles. The Hall–Kier alpha value is -3.60. The second kappa shape index (κ2) is 7.43. The zero-order valence-electron chi connectivity index (χ0n) is 15.9. The molecule has 0 amide bonds. The third-order valence-electron chi connectivity index (χ3n) is 4.37. The van der Waals surface area contributed by atoms with Crippen LogP contribution in [-0.4, -0.2) is 24.1 Å². The molecule has 0 radical (unpaired) electrons. The molecule has 3 aromatic rings. The number of nitrogens with zero attached hydrogens (tertiary/aromatic N) is 3. The average molecular weight is 398 g/mol. The Morgan fingerprint density at radius 3 is 2.24 bits per heavy atom. The number of aromatic amines is 1. The molecular formula is C21H17F3N4O. The van der Waals surface area contributed by atoms with E-state index in [1.807, 2.05) is 6.07 Å². The number of H-pyrrole nitrogens is 1. The lowest BCUT2D eigenvalue weighted by Gasteiger charge is -2.16. The Morgan fingerprint density at radius 2 is 1.69 bits per heavy atom. The minimum absolute atomic E-state index is 0.0181. The van der Waals surface area contributed by atoms with Crippen LogP contribution in [0.2, 0.25) is 0 Å². The summed E-state index contributed by atoms with van der Waals surface area (Å²) in [5.41, 5.74) is 1.05. The molecule has 0 aliphatic carbocycles. The van der Waals surface area contributed by atoms with Crippen molar-refractivity contribution < 1.29 is 13.2 Å². The second-order valence-corrected chi connectivity index (χ2v) is 6.75. The van der Waals surface area contributed by atoms with Crippen LogP contribution in [0.1, 0.15) is 16.8 Å². The zero-order valence-corrected chi connectivity index (χ0v) is 15.9. The van der Waals surface area contributed by atoms with Crippen LogP contribution in [0.3, 0.4) is 0 Å². The first-order chi connectivity index (χ1) is 13.6. The van der Waals surface area contributed by atoms with Gasteiger partial charge in [0.15, 0.2) is 0 Å². The summed E-state index contributed by atoms with van der Waals surface area (Å²) < 4.78 is 39.8. The molecule has 3 rings (SSSR count). The van der Waals surface area contributed by atoms with Gasteiger partial charge in [-0.2, -0.15) is 18.4 Å². The van der Waals surface area contributed by atoms with E-state index in [9.17, 15) is 23.2 Å². The molecule has 0 fully saturated rings. The summed E-state index contributed by atoms with van der Waals surface area (Å²) >= 11 is 0. The number of hydrogen-bond acceptors (Lipinski definition) is 4. The van der Waals surface area contributed by atoms with Gasteiger partial charge in [-0.1, -0.05) is 24.3 Å². The minimum atomic E-state index is -4.49. The van der Waals surface area contributed by atoms with E-state index in [-0.39, 0.29) is 17.1 Å². The molecule has 5 nitrogen and oxygen atoms in total. The van der Waals surface area contributed by atoms with Crippen molar-refractivity contribution in [3.05, 3.63) is 69.6 Å². The van der Waals surface area contributed by atoms with Gasteiger partial charge in [0.2, 0.25) is 0 Å². The topological polar surface area (TPSA) is 72.8 Å². The Labute approximate surface area is 165 Å². The van der Waals surface area contributed by atoms with Crippen molar-refractivity contribution in [2.24, 2.45) is 0 Å². The fourth-order valence-corrected chi connectivity index (χ4v) is 2.90. The highest BCUT2D eigenvalue weighted by atomic mass is 19.4. The summed E-state index contributed by atoms with van der Waals surface area (Å²) in [7, 11) is 3.24. The lowest BCUT2D eigenvalue weighted by Crippen LogP contribution is -2.14. The molecule has 148 valence electrons. The van der Waals surface area contributed by atoms with Gasteiger partial charge >= 0.3 is 6.18 Å². The first kappa shape index (κ1) is 20.1. The Balaban J connectivity index is 2.10. The van der Waals surface area contributed by atoms with E-state index >= 15 is 0 Å². The highest BCUT2D eigenvalue weighted by molar-refractivity contribution is 5.73. The van der Waals surface area contributed by atoms with E-state index in [4.69, 9.17) is 0 Å². The molecule has 0 saturated heterocycles. The summed E-state index contributed by atoms with van der Waals surface area (Å²) in [5, 5.41) is 9.28. The Kier molecular flexibility index (Phi) is 5.16. The summed E-state index contributed by atoms with van der Waals surface area (Å²) in [5.74, 6) is 0.191. The number of nitrogens with one attached hydrogen (secondary N) is 1. The predicted octanol–water partition coefficient (Wildman–Crippen LogP) is 4.37. The molecule has 0 aliphatic rings. The lowest BCUT2D eigenvalue weighted by atomic mass is 9.99. The maximum atomic E-state index is 13.3. The number of aromatic nitrogens is 2. The van der Waals surface area contributed by atoms with Crippen molar-refractivity contribution in [3.63, 3.8) is 0 Å². The van der Waals surface area contributed by atoms with Crippen LogP contribution in [0.25, 0.3) is 22.4 Å². The van der Waals surface area contributed by atoms with Gasteiger partial charge in [0.05, 0.1) is 11.3 Å². The maximum Gasteiger partial charge on any atom is 0.416 e. The van der Waals surface area contributed by atoms with E-state index in [0.29, 0.717) is 22.4 Å². The van der Waals surface area contributed by atoms with Crippen LogP contribution in [0.15, 0.2) is 47.3 Å². The van der Waals surface area contributed by atoms with Crippen molar-refractivity contribution in [2.75, 3.05) is 19.0 Å². The number of nitriles is 1. The zero-order chi connectivity index (χ0) is 21.3. The number of anilines is 1. The van der Waals surface area contributed by atoms with Crippen molar-refractivity contribution in [3.8, 4) is 28.5 Å². The fourth-order valence-electron chi connectivity index (χ4n) is 2.90. The fraction of sp³-hybridized carbons (Fsp3) is 0.190. The van der Waals surface area contributed by atoms with Gasteiger partial charge in [0.1, 0.15) is 17.5 Å². The van der Waals surface area contributed by atoms with Gasteiger partial charge in [-0.15, -0.1) is 0 Å². The number of aryl methyl sites for hydroxylation is 1. The van der Waals surface area contributed by atoms with Gasteiger partial charge in [0.25, 0.3) is 5.56 Å². The number of rotatable bonds is 3. The van der Waals surface area contributed by atoms with Crippen molar-refractivity contribution in [1.82, 2.24) is 9.97 Å². The van der Waals surface area contributed by atoms with Gasteiger partial charge in [-0.25, -0.2) is 4.98 Å². The lowest BCUT2D eigenvalue weighted by molar-refractivity contribution is -0.137. The quantitative estimate of drug-likeness (QED) is 0.711. The van der Waals surface area contributed by atoms with E-state index in [0.717, 1.165) is 12.1 Å². The highest BCUT2D eigenvalue weighted by Crippen LogP contribution is 2.34. The average Bonchev–Trinajstić information content (AvgIpc) is 2.66. The van der Waals surface area contributed by atoms with Crippen LogP contribution < -0.4 is 10.5 Å². The van der Waals surface area contributed by atoms with E-state index in [1.165, 1.54) is 4.90 Å². The summed E-state index contributed by atoms with van der Waals surface area (Å²) in [6.45, 7) is 1.70. The molecule has 1 aromatic carbocycles. The Morgan fingerprint density at radius 1 is 1.07 bits per heavy atom. The maximum absolute atomic E-state index is 13.3. The van der Waals surface area contributed by atoms with E-state index < -0.39 is 17.3 Å². The van der Waals surface area contributed by atoms with Crippen LogP contribution in [0, 0.1) is 18.3 Å². The molecule has 2 heterocycles. The molecule has 29 heavy (non-hydrogen) atoms. The highest BCUT2D eigenvalue weighted by Gasteiger charge is 2.32. The van der Waals surface area contributed by atoms with Crippen molar-refractivity contribution in [2.45, 2.75) is 13.1 Å². The third kappa shape index (κ3) is 4.14. The largest absolute Gasteiger partial charge is 0.416 e. The number of hydrogen-bond donors (Lipinski definition) is 1. The smallest absolute Gasteiger partial charge is 0.363 e. The van der Waals surface area contributed by atoms with Gasteiger partial charge in [0, 0.05) is 30.9 Å². The van der Waals surface area contributed by atoms with Gasteiger partial charge < -0.3 is 9.88 Å². The molecule has 0 bridgehead atoms. The summed E-state index contributed by atoms with van der Waals surface area (Å²) in [6.07, 6.45) is -4.49. The summed E-state index contributed by atoms with van der Waals surface area (Å²) in [6, 6.07) is 12.1. The Bertz CT molecular complexity index is 1160. The number of halogens is 3. The minimum Gasteiger partial charge on any atom is -0.363 e. The first-order valence-corrected chi connectivity index (χ1v) is 8.61. The van der Waals surface area contributed by atoms with Crippen LogP contribution >= 0.6 is 0 Å². The van der Waals surface area contributed by atoms with Gasteiger partial charge in [-0.3, -0.25) is 4.79 Å².